The predicted octanol–water partition coefficient (Wildman–Crippen LogP) is 3.47. The molecule has 0 unspecified atom stereocenters. The van der Waals surface area contributed by atoms with Crippen LogP contribution >= 0.6 is 11.6 Å². The van der Waals surface area contributed by atoms with E-state index < -0.39 is 5.82 Å². The molecule has 0 amide bonds. The monoisotopic (exact) mass is 230 g/mol. The Labute approximate surface area is 93.0 Å². The number of hydrogen-bond acceptors (Lipinski definition) is 2. The molecule has 15 heavy (non-hydrogen) atoms. The van der Waals surface area contributed by atoms with Crippen LogP contribution in [0.2, 0.25) is 5.02 Å². The third kappa shape index (κ3) is 3.20. The first-order valence-electron chi connectivity index (χ1n) is 4.76. The van der Waals surface area contributed by atoms with Crippen molar-refractivity contribution in [3.8, 4) is 5.75 Å². The van der Waals surface area contributed by atoms with Crippen molar-refractivity contribution >= 4 is 17.9 Å². The minimum atomic E-state index is -0.537. The first-order chi connectivity index (χ1) is 7.19. The molecule has 2 nitrogen and oxygen atoms in total. The molecule has 4 heteroatoms. The van der Waals surface area contributed by atoms with Gasteiger partial charge in [0, 0.05) is 0 Å². The lowest BCUT2D eigenvalue weighted by atomic mass is 10.2. The first kappa shape index (κ1) is 12.0. The Morgan fingerprint density at radius 3 is 2.87 bits per heavy atom. The fraction of sp³-hybridized carbons (Fsp3) is 0.364. The van der Waals surface area contributed by atoms with E-state index in [9.17, 15) is 9.18 Å². The first-order valence-corrected chi connectivity index (χ1v) is 5.13. The van der Waals surface area contributed by atoms with Crippen LogP contribution in [0.25, 0.3) is 0 Å². The van der Waals surface area contributed by atoms with Crippen LogP contribution in [-0.2, 0) is 0 Å². The van der Waals surface area contributed by atoms with E-state index in [1.165, 1.54) is 0 Å². The standard InChI is InChI=1S/C11H12ClFO2/c1-2-3-4-15-11-8(7-14)5-9(13)6-10(11)12/h5-7H,2-4H2,1H3. The van der Waals surface area contributed by atoms with Gasteiger partial charge < -0.3 is 4.74 Å². The second-order valence-corrected chi connectivity index (χ2v) is 3.53. The molecule has 0 aliphatic heterocycles. The highest BCUT2D eigenvalue weighted by molar-refractivity contribution is 6.32. The quantitative estimate of drug-likeness (QED) is 0.572. The molecule has 0 N–H and O–H groups in total. The number of halogens is 2. The second-order valence-electron chi connectivity index (χ2n) is 3.13. The van der Waals surface area contributed by atoms with Crippen molar-refractivity contribution in [3.05, 3.63) is 28.5 Å². The Balaban J connectivity index is 2.89. The van der Waals surface area contributed by atoms with Crippen LogP contribution in [0.3, 0.4) is 0 Å². The van der Waals surface area contributed by atoms with Crippen molar-refractivity contribution in [2.45, 2.75) is 19.8 Å². The van der Waals surface area contributed by atoms with Gasteiger partial charge in [-0.25, -0.2) is 4.39 Å². The number of hydrogen-bond donors (Lipinski definition) is 0. The van der Waals surface area contributed by atoms with Crippen LogP contribution in [0.5, 0.6) is 5.75 Å². The maximum absolute atomic E-state index is 12.9. The van der Waals surface area contributed by atoms with Gasteiger partial charge in [-0.3, -0.25) is 4.79 Å². The summed E-state index contributed by atoms with van der Waals surface area (Å²) in [5.74, 6) is -0.272. The molecule has 0 aliphatic rings. The molecule has 0 spiro atoms. The third-order valence-electron chi connectivity index (χ3n) is 1.91. The van der Waals surface area contributed by atoms with Crippen molar-refractivity contribution in [1.29, 1.82) is 0 Å². The van der Waals surface area contributed by atoms with Crippen LogP contribution in [0.4, 0.5) is 4.39 Å². The fourth-order valence-corrected chi connectivity index (χ4v) is 1.41. The average molecular weight is 231 g/mol. The highest BCUT2D eigenvalue weighted by Gasteiger charge is 2.10. The minimum absolute atomic E-state index is 0.133. The summed E-state index contributed by atoms with van der Waals surface area (Å²) in [5, 5.41) is 0.133. The normalized spacial score (nSPS) is 10.1. The predicted molar refractivity (Wildman–Crippen MR) is 57.2 cm³/mol. The molecule has 1 aromatic rings. The number of ether oxygens (including phenoxy) is 1. The van der Waals surface area contributed by atoms with Crippen molar-refractivity contribution in [3.63, 3.8) is 0 Å². The maximum Gasteiger partial charge on any atom is 0.153 e. The molecule has 0 saturated heterocycles. The van der Waals surface area contributed by atoms with E-state index >= 15 is 0 Å². The van der Waals surface area contributed by atoms with Crippen LogP contribution in [-0.4, -0.2) is 12.9 Å². The Kier molecular flexibility index (Phi) is 4.56. The van der Waals surface area contributed by atoms with Gasteiger partial charge in [0.05, 0.1) is 17.2 Å². The third-order valence-corrected chi connectivity index (χ3v) is 2.19. The minimum Gasteiger partial charge on any atom is -0.491 e. The zero-order chi connectivity index (χ0) is 11.3. The van der Waals surface area contributed by atoms with Gasteiger partial charge in [-0.2, -0.15) is 0 Å². The summed E-state index contributed by atoms with van der Waals surface area (Å²) in [6.07, 6.45) is 2.39. The summed E-state index contributed by atoms with van der Waals surface area (Å²) in [5.41, 5.74) is 0.149. The number of carbonyl (C=O) groups is 1. The summed E-state index contributed by atoms with van der Waals surface area (Å²) in [4.78, 5) is 10.7. The average Bonchev–Trinajstić information content (AvgIpc) is 2.20. The Hall–Kier alpha value is -1.09. The van der Waals surface area contributed by atoms with Crippen molar-refractivity contribution in [1.82, 2.24) is 0 Å². The highest BCUT2D eigenvalue weighted by Crippen LogP contribution is 2.29. The van der Waals surface area contributed by atoms with Gasteiger partial charge in [-0.05, 0) is 18.6 Å². The van der Waals surface area contributed by atoms with Gasteiger partial charge in [0.2, 0.25) is 0 Å². The summed E-state index contributed by atoms with van der Waals surface area (Å²) < 4.78 is 18.2. The van der Waals surface area contributed by atoms with Crippen LogP contribution in [0.1, 0.15) is 30.1 Å². The van der Waals surface area contributed by atoms with Crippen molar-refractivity contribution in [2.75, 3.05) is 6.61 Å². The molecule has 0 heterocycles. The summed E-state index contributed by atoms with van der Waals surface area (Å²) >= 11 is 5.77. The highest BCUT2D eigenvalue weighted by atomic mass is 35.5. The van der Waals surface area contributed by atoms with E-state index in [-0.39, 0.29) is 16.3 Å². The van der Waals surface area contributed by atoms with E-state index in [4.69, 9.17) is 16.3 Å². The van der Waals surface area contributed by atoms with E-state index in [0.717, 1.165) is 25.0 Å². The molecule has 0 radical (unpaired) electrons. The van der Waals surface area contributed by atoms with Crippen molar-refractivity contribution < 1.29 is 13.9 Å². The fourth-order valence-electron chi connectivity index (χ4n) is 1.14. The molecular weight excluding hydrogens is 219 g/mol. The van der Waals surface area contributed by atoms with Gasteiger partial charge in [0.25, 0.3) is 0 Å². The SMILES string of the molecule is CCCCOc1c(Cl)cc(F)cc1C=O. The number of carbonyl (C=O) groups excluding carboxylic acids is 1. The zero-order valence-corrected chi connectivity index (χ0v) is 9.18. The molecule has 1 rings (SSSR count). The molecule has 82 valence electrons. The lowest BCUT2D eigenvalue weighted by molar-refractivity contribution is 0.111. The van der Waals surface area contributed by atoms with Gasteiger partial charge in [-0.1, -0.05) is 24.9 Å². The molecule has 0 bridgehead atoms. The van der Waals surface area contributed by atoms with E-state index in [2.05, 4.69) is 0 Å². The molecule has 0 aliphatic carbocycles. The number of rotatable bonds is 5. The summed E-state index contributed by atoms with van der Waals surface area (Å²) in [6, 6.07) is 2.25. The molecule has 0 fully saturated rings. The summed E-state index contributed by atoms with van der Waals surface area (Å²) in [7, 11) is 0. The Morgan fingerprint density at radius 2 is 2.27 bits per heavy atom. The van der Waals surface area contributed by atoms with Gasteiger partial charge in [-0.15, -0.1) is 0 Å². The number of unbranched alkanes of at least 4 members (excludes halogenated alkanes) is 1. The van der Waals surface area contributed by atoms with Gasteiger partial charge >= 0.3 is 0 Å². The molecule has 0 aromatic heterocycles. The van der Waals surface area contributed by atoms with Crippen LogP contribution in [0, 0.1) is 5.82 Å². The van der Waals surface area contributed by atoms with Gasteiger partial charge in [0.15, 0.2) is 6.29 Å². The molecule has 1 aromatic carbocycles. The van der Waals surface area contributed by atoms with Crippen molar-refractivity contribution in [2.24, 2.45) is 0 Å². The van der Waals surface area contributed by atoms with Crippen LogP contribution in [0.15, 0.2) is 12.1 Å². The lowest BCUT2D eigenvalue weighted by Gasteiger charge is -2.09. The number of benzene rings is 1. The molecular formula is C11H12ClFO2. The largest absolute Gasteiger partial charge is 0.491 e. The Bertz CT molecular complexity index is 353. The maximum atomic E-state index is 12.9. The topological polar surface area (TPSA) is 26.3 Å². The zero-order valence-electron chi connectivity index (χ0n) is 8.43. The molecule has 0 atom stereocenters. The number of aldehydes is 1. The second kappa shape index (κ2) is 5.71. The van der Waals surface area contributed by atoms with E-state index in [1.807, 2.05) is 6.92 Å². The Morgan fingerprint density at radius 1 is 1.53 bits per heavy atom. The van der Waals surface area contributed by atoms with Crippen LogP contribution < -0.4 is 4.74 Å². The smallest absolute Gasteiger partial charge is 0.153 e. The summed E-state index contributed by atoms with van der Waals surface area (Å²) in [6.45, 7) is 2.50. The van der Waals surface area contributed by atoms with Gasteiger partial charge in [0.1, 0.15) is 11.6 Å². The van der Waals surface area contributed by atoms with E-state index in [0.29, 0.717) is 12.9 Å². The lowest BCUT2D eigenvalue weighted by Crippen LogP contribution is -2.00. The molecule has 0 saturated carbocycles. The van der Waals surface area contributed by atoms with E-state index in [1.54, 1.807) is 0 Å².